The molecule has 3 rings (SSSR count). The highest BCUT2D eigenvalue weighted by molar-refractivity contribution is 5.96. The van der Waals surface area contributed by atoms with Crippen molar-refractivity contribution in [2.75, 3.05) is 5.32 Å². The van der Waals surface area contributed by atoms with Gasteiger partial charge in [0.1, 0.15) is 6.04 Å². The zero-order chi connectivity index (χ0) is 27.1. The number of halogens is 9. The van der Waals surface area contributed by atoms with Crippen molar-refractivity contribution in [3.05, 3.63) is 64.2 Å². The van der Waals surface area contributed by atoms with Gasteiger partial charge in [0.2, 0.25) is 5.91 Å². The second-order valence-electron chi connectivity index (χ2n) is 7.85. The molecule has 36 heavy (non-hydrogen) atoms. The van der Waals surface area contributed by atoms with E-state index in [-0.39, 0.29) is 5.56 Å². The van der Waals surface area contributed by atoms with E-state index in [1.807, 2.05) is 10.6 Å². The van der Waals surface area contributed by atoms with E-state index in [2.05, 4.69) is 0 Å². The van der Waals surface area contributed by atoms with Crippen LogP contribution >= 0.6 is 0 Å². The Morgan fingerprint density at radius 2 is 1.53 bits per heavy atom. The Bertz CT molecular complexity index is 1250. The lowest BCUT2D eigenvalue weighted by Gasteiger charge is -2.23. The molecule has 1 heterocycles. The molecule has 0 saturated carbocycles. The maximum Gasteiger partial charge on any atom is 0.418 e. The second kappa shape index (κ2) is 9.35. The Labute approximate surface area is 197 Å². The molecule has 1 aliphatic heterocycles. The van der Waals surface area contributed by atoms with Crippen LogP contribution in [0.2, 0.25) is 0 Å². The van der Waals surface area contributed by atoms with E-state index >= 15 is 0 Å². The number of carbonyl (C=O) groups is 1. The molecule has 2 N–H and O–H groups in total. The predicted molar refractivity (Wildman–Crippen MR) is 105 cm³/mol. The van der Waals surface area contributed by atoms with Gasteiger partial charge in [-0.25, -0.2) is 0 Å². The molecule has 2 aromatic carbocycles. The lowest BCUT2D eigenvalue weighted by atomic mass is 9.88. The van der Waals surface area contributed by atoms with Gasteiger partial charge in [-0.2, -0.15) is 50.0 Å². The summed E-state index contributed by atoms with van der Waals surface area (Å²) in [5, 5.41) is 21.5. The van der Waals surface area contributed by atoms with Gasteiger partial charge in [-0.1, -0.05) is 6.07 Å². The lowest BCUT2D eigenvalue weighted by molar-refractivity contribution is -0.156. The maximum absolute atomic E-state index is 13.7. The summed E-state index contributed by atoms with van der Waals surface area (Å²) in [6, 6.07) is 2.78. The van der Waals surface area contributed by atoms with E-state index in [9.17, 15) is 44.3 Å². The Kier molecular flexibility index (Phi) is 6.97. The van der Waals surface area contributed by atoms with Gasteiger partial charge in [-0.3, -0.25) is 10.1 Å². The molecule has 0 aliphatic carbocycles. The number of alkyl halides is 9. The fraction of sp³-hybridized carbons (Fsp3) is 0.318. The highest BCUT2D eigenvalue weighted by Gasteiger charge is 2.52. The molecule has 5 nitrogen and oxygen atoms in total. The Morgan fingerprint density at radius 3 is 2.06 bits per heavy atom. The topological polar surface area (TPSA) is 88.7 Å². The highest BCUT2D eigenvalue weighted by Crippen LogP contribution is 2.42. The van der Waals surface area contributed by atoms with Crippen molar-refractivity contribution < 1.29 is 44.3 Å². The number of anilines is 1. The average Bonchev–Trinajstić information content (AvgIpc) is 3.24. The number of nitrogens with zero attached hydrogens (tertiary/aromatic N) is 2. The van der Waals surface area contributed by atoms with Crippen LogP contribution in [0, 0.1) is 22.7 Å². The minimum absolute atomic E-state index is 0.377. The van der Waals surface area contributed by atoms with Crippen LogP contribution in [0.25, 0.3) is 0 Å². The van der Waals surface area contributed by atoms with Crippen molar-refractivity contribution in [1.82, 2.24) is 5.32 Å². The SMILES string of the molecule is N#Cc1ccc(NC(=O)[C@@H]2CC(c3ccc(C#N)c(C(F)(F)F)c3)[C@H](C(F)(F)F)N2)c(C(F)(F)F)c1. The first kappa shape index (κ1) is 26.8. The first-order chi connectivity index (χ1) is 16.6. The van der Waals surface area contributed by atoms with Crippen molar-refractivity contribution in [2.45, 2.75) is 43.0 Å². The standard InChI is InChI=1S/C22H13F9N4O/c23-20(24,25)14-6-11(2-3-12(14)9-33)13-7-17(34-18(13)22(29,30)31)19(36)35-16-4-1-10(8-32)5-15(16)21(26,27)28/h1-6,13,17-18,34H,7H2,(H,35,36)/t13?,17-,18+/m0/s1. The molecule has 3 atom stereocenters. The van der Waals surface area contributed by atoms with Crippen LogP contribution in [-0.2, 0) is 17.1 Å². The highest BCUT2D eigenvalue weighted by atomic mass is 19.4. The Balaban J connectivity index is 1.95. The molecule has 1 amide bonds. The number of rotatable bonds is 3. The maximum atomic E-state index is 13.7. The zero-order valence-electron chi connectivity index (χ0n) is 17.6. The molecule has 190 valence electrons. The first-order valence-electron chi connectivity index (χ1n) is 9.92. The van der Waals surface area contributed by atoms with Crippen LogP contribution in [0.1, 0.15) is 40.2 Å². The van der Waals surface area contributed by atoms with E-state index in [1.54, 1.807) is 0 Å². The van der Waals surface area contributed by atoms with E-state index in [0.717, 1.165) is 18.2 Å². The van der Waals surface area contributed by atoms with E-state index in [0.29, 0.717) is 18.2 Å². The minimum Gasteiger partial charge on any atom is -0.324 e. The second-order valence-corrected chi connectivity index (χ2v) is 7.85. The van der Waals surface area contributed by atoms with Crippen LogP contribution in [0.15, 0.2) is 36.4 Å². The molecular weight excluding hydrogens is 507 g/mol. The van der Waals surface area contributed by atoms with Gasteiger partial charge in [0.25, 0.3) is 0 Å². The van der Waals surface area contributed by atoms with Crippen LogP contribution in [0.3, 0.4) is 0 Å². The first-order valence-corrected chi connectivity index (χ1v) is 9.92. The van der Waals surface area contributed by atoms with Gasteiger partial charge in [-0.15, -0.1) is 0 Å². The normalized spacial score (nSPS) is 20.5. The molecule has 14 heteroatoms. The summed E-state index contributed by atoms with van der Waals surface area (Å²) in [6.07, 6.45) is -15.8. The molecule has 0 spiro atoms. The molecule has 2 aromatic rings. The summed E-state index contributed by atoms with van der Waals surface area (Å²) in [5.74, 6) is -3.00. The average molecular weight is 520 g/mol. The summed E-state index contributed by atoms with van der Waals surface area (Å²) in [6.45, 7) is 0. The molecule has 1 fully saturated rings. The molecule has 0 bridgehead atoms. The number of nitriles is 2. The fourth-order valence-electron chi connectivity index (χ4n) is 3.93. The van der Waals surface area contributed by atoms with Crippen LogP contribution in [0.4, 0.5) is 45.2 Å². The molecule has 1 saturated heterocycles. The third-order valence-electron chi connectivity index (χ3n) is 5.55. The summed E-state index contributed by atoms with van der Waals surface area (Å²) < 4.78 is 121. The van der Waals surface area contributed by atoms with Gasteiger partial charge in [-0.05, 0) is 42.3 Å². The summed E-state index contributed by atoms with van der Waals surface area (Å²) in [7, 11) is 0. The number of hydrogen-bond donors (Lipinski definition) is 2. The third kappa shape index (κ3) is 5.54. The Hall–Kier alpha value is -3.78. The van der Waals surface area contributed by atoms with Gasteiger partial charge in [0.15, 0.2) is 0 Å². The number of amides is 1. The predicted octanol–water partition coefficient (Wildman–Crippen LogP) is 5.48. The van der Waals surface area contributed by atoms with Gasteiger partial charge < -0.3 is 5.32 Å². The van der Waals surface area contributed by atoms with Crippen molar-refractivity contribution >= 4 is 11.6 Å². The number of hydrogen-bond acceptors (Lipinski definition) is 4. The van der Waals surface area contributed by atoms with Crippen LogP contribution in [0.5, 0.6) is 0 Å². The third-order valence-corrected chi connectivity index (χ3v) is 5.55. The molecule has 0 radical (unpaired) electrons. The van der Waals surface area contributed by atoms with Crippen molar-refractivity contribution in [1.29, 1.82) is 10.5 Å². The lowest BCUT2D eigenvalue weighted by Crippen LogP contribution is -2.46. The van der Waals surface area contributed by atoms with Crippen LogP contribution in [-0.4, -0.2) is 24.2 Å². The molecular formula is C22H13F9N4O. The van der Waals surface area contributed by atoms with Crippen molar-refractivity contribution in [3.8, 4) is 12.1 Å². The van der Waals surface area contributed by atoms with E-state index < -0.39 is 76.8 Å². The number of carbonyl (C=O) groups excluding carboxylic acids is 1. The van der Waals surface area contributed by atoms with Gasteiger partial charge in [0, 0.05) is 5.92 Å². The van der Waals surface area contributed by atoms with Gasteiger partial charge >= 0.3 is 18.5 Å². The smallest absolute Gasteiger partial charge is 0.324 e. The van der Waals surface area contributed by atoms with Crippen molar-refractivity contribution in [2.24, 2.45) is 0 Å². The summed E-state index contributed by atoms with van der Waals surface area (Å²) in [5.41, 5.74) is -5.31. The van der Waals surface area contributed by atoms with Crippen molar-refractivity contribution in [3.63, 3.8) is 0 Å². The molecule has 1 aliphatic rings. The number of nitrogens with one attached hydrogen (secondary N) is 2. The van der Waals surface area contributed by atoms with Crippen LogP contribution < -0.4 is 10.6 Å². The largest absolute Gasteiger partial charge is 0.418 e. The quantitative estimate of drug-likeness (QED) is 0.525. The summed E-state index contributed by atoms with van der Waals surface area (Å²) in [4.78, 5) is 12.6. The van der Waals surface area contributed by atoms with Gasteiger partial charge in [0.05, 0.1) is 46.1 Å². The number of benzene rings is 2. The summed E-state index contributed by atoms with van der Waals surface area (Å²) >= 11 is 0. The monoisotopic (exact) mass is 520 g/mol. The van der Waals surface area contributed by atoms with E-state index in [1.165, 1.54) is 12.1 Å². The Morgan fingerprint density at radius 1 is 0.889 bits per heavy atom. The fourth-order valence-corrected chi connectivity index (χ4v) is 3.93. The minimum atomic E-state index is -5.04. The van der Waals surface area contributed by atoms with E-state index in [4.69, 9.17) is 10.5 Å². The molecule has 1 unspecified atom stereocenters. The zero-order valence-corrected chi connectivity index (χ0v) is 17.6. The molecule has 0 aromatic heterocycles.